The molecule has 1 aromatic rings. The van der Waals surface area contributed by atoms with Gasteiger partial charge in [0.15, 0.2) is 11.6 Å². The van der Waals surface area contributed by atoms with Crippen LogP contribution in [0.25, 0.3) is 0 Å². The molecule has 1 saturated carbocycles. The third-order valence-corrected chi connectivity index (χ3v) is 6.03. The molecule has 0 aromatic heterocycles. The fraction of sp³-hybridized carbons (Fsp3) is 0.727. The van der Waals surface area contributed by atoms with Gasteiger partial charge in [-0.25, -0.2) is 4.39 Å². The molecule has 1 aliphatic carbocycles. The quantitative estimate of drug-likeness (QED) is 0.558. The van der Waals surface area contributed by atoms with Gasteiger partial charge in [0, 0.05) is 0 Å². The standard InChI is InChI=1S/C22H32F2O2/c1-3-5-17-10-12-19(26-17)16-8-6-15(7-9-16)18-11-13-20(25-14-4-2)22(24)21(18)23/h11,13,15-17,19H,3-10,12,14H2,1-2H3. The second-order valence-electron chi connectivity index (χ2n) is 7.90. The van der Waals surface area contributed by atoms with Gasteiger partial charge in [-0.1, -0.05) is 26.3 Å². The zero-order valence-corrected chi connectivity index (χ0v) is 16.1. The van der Waals surface area contributed by atoms with E-state index < -0.39 is 11.6 Å². The number of benzene rings is 1. The van der Waals surface area contributed by atoms with E-state index in [1.807, 2.05) is 6.92 Å². The van der Waals surface area contributed by atoms with E-state index in [0.717, 1.165) is 44.9 Å². The van der Waals surface area contributed by atoms with Gasteiger partial charge in [0.1, 0.15) is 0 Å². The average molecular weight is 366 g/mol. The molecule has 1 aliphatic heterocycles. The summed E-state index contributed by atoms with van der Waals surface area (Å²) in [7, 11) is 0. The lowest BCUT2D eigenvalue weighted by atomic mass is 9.76. The van der Waals surface area contributed by atoms with Crippen LogP contribution in [0.1, 0.15) is 83.1 Å². The maximum atomic E-state index is 14.5. The van der Waals surface area contributed by atoms with Crippen LogP contribution < -0.4 is 4.74 Å². The van der Waals surface area contributed by atoms with E-state index in [0.29, 0.717) is 30.3 Å². The van der Waals surface area contributed by atoms with E-state index in [2.05, 4.69) is 6.92 Å². The highest BCUT2D eigenvalue weighted by molar-refractivity contribution is 5.33. The molecule has 0 bridgehead atoms. The van der Waals surface area contributed by atoms with Crippen LogP contribution in [-0.2, 0) is 4.74 Å². The Morgan fingerprint density at radius 1 is 0.962 bits per heavy atom. The predicted octanol–water partition coefficient (Wildman–Crippen LogP) is 6.38. The van der Waals surface area contributed by atoms with Crippen molar-refractivity contribution in [1.82, 2.24) is 0 Å². The third kappa shape index (κ3) is 4.39. The highest BCUT2D eigenvalue weighted by Crippen LogP contribution is 2.42. The van der Waals surface area contributed by atoms with Crippen molar-refractivity contribution in [3.63, 3.8) is 0 Å². The largest absolute Gasteiger partial charge is 0.490 e. The van der Waals surface area contributed by atoms with Crippen LogP contribution in [0, 0.1) is 17.6 Å². The summed E-state index contributed by atoms with van der Waals surface area (Å²) >= 11 is 0. The van der Waals surface area contributed by atoms with Crippen LogP contribution in [0.5, 0.6) is 5.75 Å². The first-order chi connectivity index (χ1) is 12.6. The molecule has 3 rings (SSSR count). The number of rotatable bonds is 7. The molecule has 26 heavy (non-hydrogen) atoms. The molecule has 146 valence electrons. The topological polar surface area (TPSA) is 18.5 Å². The Morgan fingerprint density at radius 3 is 2.42 bits per heavy atom. The number of halogens is 2. The smallest absolute Gasteiger partial charge is 0.200 e. The molecular formula is C22H32F2O2. The van der Waals surface area contributed by atoms with Crippen molar-refractivity contribution in [3.05, 3.63) is 29.3 Å². The lowest BCUT2D eigenvalue weighted by molar-refractivity contribution is -0.00435. The van der Waals surface area contributed by atoms with Gasteiger partial charge in [0.05, 0.1) is 18.8 Å². The Bertz CT molecular complexity index is 582. The first-order valence-electron chi connectivity index (χ1n) is 10.4. The van der Waals surface area contributed by atoms with E-state index in [4.69, 9.17) is 9.47 Å². The molecule has 0 amide bonds. The van der Waals surface area contributed by atoms with Crippen LogP contribution in [-0.4, -0.2) is 18.8 Å². The molecule has 1 aromatic carbocycles. The van der Waals surface area contributed by atoms with Crippen LogP contribution in [0.2, 0.25) is 0 Å². The van der Waals surface area contributed by atoms with Crippen LogP contribution in [0.4, 0.5) is 8.78 Å². The van der Waals surface area contributed by atoms with Gasteiger partial charge < -0.3 is 9.47 Å². The molecule has 2 aliphatic rings. The van der Waals surface area contributed by atoms with Crippen molar-refractivity contribution in [2.45, 2.75) is 89.8 Å². The molecule has 2 nitrogen and oxygen atoms in total. The Hall–Kier alpha value is -1.16. The van der Waals surface area contributed by atoms with Crippen molar-refractivity contribution in [1.29, 1.82) is 0 Å². The second kappa shape index (κ2) is 9.16. The van der Waals surface area contributed by atoms with Crippen molar-refractivity contribution in [2.24, 2.45) is 5.92 Å². The summed E-state index contributed by atoms with van der Waals surface area (Å²) in [6.07, 6.45) is 10.2. The Labute approximate surface area is 156 Å². The third-order valence-electron chi connectivity index (χ3n) is 6.03. The van der Waals surface area contributed by atoms with E-state index in [1.165, 1.54) is 12.8 Å². The monoisotopic (exact) mass is 366 g/mol. The van der Waals surface area contributed by atoms with Crippen molar-refractivity contribution < 1.29 is 18.3 Å². The summed E-state index contributed by atoms with van der Waals surface area (Å²) in [6, 6.07) is 3.31. The summed E-state index contributed by atoms with van der Waals surface area (Å²) in [4.78, 5) is 0. The van der Waals surface area contributed by atoms with E-state index in [1.54, 1.807) is 12.1 Å². The fourth-order valence-corrected chi connectivity index (χ4v) is 4.60. The van der Waals surface area contributed by atoms with Gasteiger partial charge in [0.2, 0.25) is 5.82 Å². The number of ether oxygens (including phenoxy) is 2. The van der Waals surface area contributed by atoms with Crippen LogP contribution in [0.3, 0.4) is 0 Å². The zero-order valence-electron chi connectivity index (χ0n) is 16.1. The lowest BCUT2D eigenvalue weighted by Crippen LogP contribution is -2.26. The minimum Gasteiger partial charge on any atom is -0.490 e. The molecule has 1 heterocycles. The Kier molecular flexibility index (Phi) is 6.91. The molecule has 0 radical (unpaired) electrons. The number of hydrogen-bond acceptors (Lipinski definition) is 2. The molecular weight excluding hydrogens is 334 g/mol. The average Bonchev–Trinajstić information content (AvgIpc) is 3.12. The molecule has 2 fully saturated rings. The molecule has 1 saturated heterocycles. The highest BCUT2D eigenvalue weighted by Gasteiger charge is 2.35. The molecule has 2 unspecified atom stereocenters. The van der Waals surface area contributed by atoms with Crippen LogP contribution >= 0.6 is 0 Å². The van der Waals surface area contributed by atoms with Gasteiger partial charge in [0.25, 0.3) is 0 Å². The first kappa shape index (κ1) is 19.6. The van der Waals surface area contributed by atoms with Gasteiger partial charge in [-0.15, -0.1) is 0 Å². The molecule has 4 heteroatoms. The SMILES string of the molecule is CCCOc1ccc(C2CCC(C3CCC(CCC)O3)CC2)c(F)c1F. The van der Waals surface area contributed by atoms with Gasteiger partial charge >= 0.3 is 0 Å². The lowest BCUT2D eigenvalue weighted by Gasteiger charge is -2.32. The Morgan fingerprint density at radius 2 is 1.73 bits per heavy atom. The summed E-state index contributed by atoms with van der Waals surface area (Å²) < 4.78 is 40.3. The summed E-state index contributed by atoms with van der Waals surface area (Å²) in [6.45, 7) is 4.55. The molecule has 0 spiro atoms. The predicted molar refractivity (Wildman–Crippen MR) is 99.6 cm³/mol. The van der Waals surface area contributed by atoms with E-state index in [9.17, 15) is 8.78 Å². The summed E-state index contributed by atoms with van der Waals surface area (Å²) in [5, 5.41) is 0. The highest BCUT2D eigenvalue weighted by atomic mass is 19.2. The summed E-state index contributed by atoms with van der Waals surface area (Å²) in [5.41, 5.74) is 0.515. The van der Waals surface area contributed by atoms with E-state index >= 15 is 0 Å². The van der Waals surface area contributed by atoms with Crippen molar-refractivity contribution in [2.75, 3.05) is 6.61 Å². The normalized spacial score (nSPS) is 29.1. The first-order valence-corrected chi connectivity index (χ1v) is 10.4. The summed E-state index contributed by atoms with van der Waals surface area (Å²) in [5.74, 6) is -0.841. The van der Waals surface area contributed by atoms with Gasteiger partial charge in [-0.05, 0) is 74.8 Å². The van der Waals surface area contributed by atoms with E-state index in [-0.39, 0.29) is 11.7 Å². The Balaban J connectivity index is 1.57. The zero-order chi connectivity index (χ0) is 18.5. The molecule has 0 N–H and O–H groups in total. The maximum absolute atomic E-state index is 14.5. The number of hydrogen-bond donors (Lipinski definition) is 0. The maximum Gasteiger partial charge on any atom is 0.200 e. The van der Waals surface area contributed by atoms with Crippen LogP contribution in [0.15, 0.2) is 12.1 Å². The van der Waals surface area contributed by atoms with Crippen molar-refractivity contribution >= 4 is 0 Å². The molecule has 2 atom stereocenters. The van der Waals surface area contributed by atoms with Gasteiger partial charge in [-0.3, -0.25) is 0 Å². The van der Waals surface area contributed by atoms with Gasteiger partial charge in [-0.2, -0.15) is 4.39 Å². The fourth-order valence-electron chi connectivity index (χ4n) is 4.60. The van der Waals surface area contributed by atoms with Crippen molar-refractivity contribution in [3.8, 4) is 5.75 Å². The minimum atomic E-state index is -0.834. The second-order valence-corrected chi connectivity index (χ2v) is 7.90. The minimum absolute atomic E-state index is 0.0307.